The van der Waals surface area contributed by atoms with E-state index in [0.717, 1.165) is 9.13 Å². The molecule has 1 aromatic rings. The van der Waals surface area contributed by atoms with Crippen LogP contribution in [0.25, 0.3) is 0 Å². The van der Waals surface area contributed by atoms with Gasteiger partial charge in [-0.2, -0.15) is 0 Å². The molecule has 12 heavy (non-hydrogen) atoms. The van der Waals surface area contributed by atoms with Crippen molar-refractivity contribution in [1.82, 2.24) is 0 Å². The molecule has 0 saturated carbocycles. The predicted octanol–water partition coefficient (Wildman–Crippen LogP) is 1.39. The third-order valence-corrected chi connectivity index (χ3v) is 2.50. The van der Waals surface area contributed by atoms with Gasteiger partial charge in [0.05, 0.1) is 11.6 Å². The van der Waals surface area contributed by atoms with E-state index in [4.69, 9.17) is 10.5 Å². The van der Waals surface area contributed by atoms with E-state index in [2.05, 4.69) is 22.6 Å². The maximum atomic E-state index is 9.52. The van der Waals surface area contributed by atoms with Crippen LogP contribution < -0.4 is 10.5 Å². The van der Waals surface area contributed by atoms with Gasteiger partial charge < -0.3 is 15.6 Å². The summed E-state index contributed by atoms with van der Waals surface area (Å²) in [7, 11) is 0. The molecule has 0 amide bonds. The van der Waals surface area contributed by atoms with E-state index >= 15 is 0 Å². The molecule has 0 saturated heterocycles. The van der Waals surface area contributed by atoms with Crippen LogP contribution in [0.5, 0.6) is 11.5 Å². The van der Waals surface area contributed by atoms with Crippen molar-refractivity contribution >= 4 is 22.6 Å². The van der Waals surface area contributed by atoms with E-state index in [1.807, 2.05) is 6.07 Å². The van der Waals surface area contributed by atoms with Crippen LogP contribution in [-0.4, -0.2) is 11.7 Å². The second kappa shape index (κ2) is 2.77. The molecule has 0 aliphatic carbocycles. The molecule has 1 aliphatic heterocycles. The third-order valence-electron chi connectivity index (χ3n) is 1.87. The zero-order valence-corrected chi connectivity index (χ0v) is 8.41. The number of ether oxygens (including phenoxy) is 1. The lowest BCUT2D eigenvalue weighted by atomic mass is 10.1. The highest BCUT2D eigenvalue weighted by molar-refractivity contribution is 14.1. The zero-order chi connectivity index (χ0) is 8.72. The highest BCUT2D eigenvalue weighted by atomic mass is 127. The minimum Gasteiger partial charge on any atom is -0.507 e. The Morgan fingerprint density at radius 3 is 3.08 bits per heavy atom. The summed E-state index contributed by atoms with van der Waals surface area (Å²) < 4.78 is 6.24. The smallest absolute Gasteiger partial charge is 0.129 e. The fourth-order valence-electron chi connectivity index (χ4n) is 1.33. The number of halogens is 1. The minimum atomic E-state index is -0.183. The summed E-state index contributed by atoms with van der Waals surface area (Å²) in [5, 5.41) is 9.52. The normalized spacial score (nSPS) is 20.3. The summed E-state index contributed by atoms with van der Waals surface area (Å²) in [6.07, 6.45) is 0. The number of hydrogen-bond donors (Lipinski definition) is 2. The van der Waals surface area contributed by atoms with E-state index < -0.39 is 0 Å². The third kappa shape index (κ3) is 1.15. The van der Waals surface area contributed by atoms with Crippen molar-refractivity contribution < 1.29 is 9.84 Å². The Kier molecular flexibility index (Phi) is 1.88. The van der Waals surface area contributed by atoms with Gasteiger partial charge in [-0.25, -0.2) is 0 Å². The monoisotopic (exact) mass is 277 g/mol. The van der Waals surface area contributed by atoms with E-state index in [1.165, 1.54) is 0 Å². The number of benzene rings is 1. The van der Waals surface area contributed by atoms with Crippen LogP contribution in [0.4, 0.5) is 0 Å². The van der Waals surface area contributed by atoms with Crippen molar-refractivity contribution in [2.75, 3.05) is 6.61 Å². The van der Waals surface area contributed by atoms with Gasteiger partial charge in [-0.15, -0.1) is 0 Å². The van der Waals surface area contributed by atoms with Gasteiger partial charge in [-0.3, -0.25) is 0 Å². The molecule has 0 radical (unpaired) electrons. The summed E-state index contributed by atoms with van der Waals surface area (Å²) in [6.45, 7) is 0.461. The Bertz CT molecular complexity index is 327. The van der Waals surface area contributed by atoms with E-state index in [1.54, 1.807) is 6.07 Å². The maximum absolute atomic E-state index is 9.52. The van der Waals surface area contributed by atoms with Gasteiger partial charge in [0.15, 0.2) is 0 Å². The average molecular weight is 277 g/mol. The number of rotatable bonds is 0. The van der Waals surface area contributed by atoms with Crippen LogP contribution in [-0.2, 0) is 0 Å². The van der Waals surface area contributed by atoms with Gasteiger partial charge in [0.25, 0.3) is 0 Å². The number of aromatic hydroxyl groups is 1. The second-order valence-electron chi connectivity index (χ2n) is 2.75. The van der Waals surface area contributed by atoms with Crippen molar-refractivity contribution in [2.45, 2.75) is 6.04 Å². The number of fused-ring (bicyclic) bond motifs is 1. The molecule has 3 nitrogen and oxygen atoms in total. The summed E-state index contributed by atoms with van der Waals surface area (Å²) >= 11 is 2.13. The topological polar surface area (TPSA) is 55.5 Å². The minimum absolute atomic E-state index is 0.183. The van der Waals surface area contributed by atoms with Gasteiger partial charge in [0.2, 0.25) is 0 Å². The van der Waals surface area contributed by atoms with Gasteiger partial charge in [-0.05, 0) is 34.7 Å². The van der Waals surface area contributed by atoms with Crippen LogP contribution in [0.3, 0.4) is 0 Å². The van der Waals surface area contributed by atoms with Crippen molar-refractivity contribution in [3.05, 3.63) is 21.3 Å². The van der Waals surface area contributed by atoms with Crippen molar-refractivity contribution in [3.63, 3.8) is 0 Å². The molecule has 1 aromatic carbocycles. The lowest BCUT2D eigenvalue weighted by Crippen LogP contribution is -2.10. The van der Waals surface area contributed by atoms with Crippen molar-refractivity contribution in [2.24, 2.45) is 5.73 Å². The average Bonchev–Trinajstić information content (AvgIpc) is 2.31. The van der Waals surface area contributed by atoms with Crippen molar-refractivity contribution in [3.8, 4) is 11.5 Å². The lowest BCUT2D eigenvalue weighted by molar-refractivity contribution is 0.333. The highest BCUT2D eigenvalue weighted by Crippen LogP contribution is 2.38. The Morgan fingerprint density at radius 1 is 1.58 bits per heavy atom. The Morgan fingerprint density at radius 2 is 2.33 bits per heavy atom. The lowest BCUT2D eigenvalue weighted by Gasteiger charge is -2.03. The van der Waals surface area contributed by atoms with Gasteiger partial charge >= 0.3 is 0 Å². The summed E-state index contributed by atoms with van der Waals surface area (Å²) in [5.74, 6) is 0.953. The first-order valence-electron chi connectivity index (χ1n) is 3.59. The molecular formula is C8H8INO2. The largest absolute Gasteiger partial charge is 0.507 e. The van der Waals surface area contributed by atoms with Crippen LogP contribution in [0.15, 0.2) is 12.1 Å². The molecule has 1 unspecified atom stereocenters. The number of nitrogens with two attached hydrogens (primary N) is 1. The summed E-state index contributed by atoms with van der Waals surface area (Å²) in [5.41, 5.74) is 6.44. The molecule has 1 heterocycles. The molecule has 4 heteroatoms. The standard InChI is InChI=1S/C8H8INO2/c9-4-1-6(11)8-5(10)3-12-7(8)2-4/h1-2,5,11H,3,10H2. The SMILES string of the molecule is NC1COc2cc(I)cc(O)c21. The van der Waals surface area contributed by atoms with Crippen LogP contribution in [0, 0.1) is 3.57 Å². The first-order valence-corrected chi connectivity index (χ1v) is 4.67. The summed E-state index contributed by atoms with van der Waals surface area (Å²) in [6, 6.07) is 3.38. The molecule has 0 aromatic heterocycles. The van der Waals surface area contributed by atoms with E-state index in [9.17, 15) is 5.11 Å². The molecule has 0 spiro atoms. The van der Waals surface area contributed by atoms with Gasteiger partial charge in [0, 0.05) is 3.57 Å². The second-order valence-corrected chi connectivity index (χ2v) is 4.00. The quantitative estimate of drug-likeness (QED) is 0.704. The molecule has 1 atom stereocenters. The fourth-order valence-corrected chi connectivity index (χ4v) is 1.91. The molecule has 0 bridgehead atoms. The van der Waals surface area contributed by atoms with E-state index in [-0.39, 0.29) is 11.8 Å². The first kappa shape index (κ1) is 8.12. The highest BCUT2D eigenvalue weighted by Gasteiger charge is 2.24. The molecule has 1 aliphatic rings. The van der Waals surface area contributed by atoms with E-state index in [0.29, 0.717) is 12.4 Å². The van der Waals surface area contributed by atoms with Crippen LogP contribution in [0.1, 0.15) is 11.6 Å². The van der Waals surface area contributed by atoms with Crippen LogP contribution in [0.2, 0.25) is 0 Å². The Balaban J connectivity index is 2.60. The van der Waals surface area contributed by atoms with Gasteiger partial charge in [0.1, 0.15) is 18.1 Å². The fraction of sp³-hybridized carbons (Fsp3) is 0.250. The zero-order valence-electron chi connectivity index (χ0n) is 6.25. The number of phenols is 1. The number of phenolic OH excluding ortho intramolecular Hbond substituents is 1. The van der Waals surface area contributed by atoms with Crippen LogP contribution >= 0.6 is 22.6 Å². The predicted molar refractivity (Wildman–Crippen MR) is 53.2 cm³/mol. The first-order chi connectivity index (χ1) is 5.68. The molecular weight excluding hydrogens is 269 g/mol. The maximum Gasteiger partial charge on any atom is 0.129 e. The molecule has 0 fully saturated rings. The molecule has 3 N–H and O–H groups in total. The van der Waals surface area contributed by atoms with Gasteiger partial charge in [-0.1, -0.05) is 0 Å². The summed E-state index contributed by atoms with van der Waals surface area (Å²) in [4.78, 5) is 0. The molecule has 2 rings (SSSR count). The van der Waals surface area contributed by atoms with Crippen molar-refractivity contribution in [1.29, 1.82) is 0 Å². The molecule has 64 valence electrons. The Hall–Kier alpha value is -0.490. The Labute approximate surface area is 83.7 Å². The number of hydrogen-bond acceptors (Lipinski definition) is 3.